The Balaban J connectivity index is 2.01. The molecule has 0 aliphatic heterocycles. The minimum absolute atomic E-state index is 0.131. The lowest BCUT2D eigenvalue weighted by atomic mass is 10.1. The molecule has 0 saturated carbocycles. The third-order valence-corrected chi connectivity index (χ3v) is 3.17. The third-order valence-electron chi connectivity index (χ3n) is 2.95. The van der Waals surface area contributed by atoms with E-state index in [0.717, 1.165) is 0 Å². The fraction of sp³-hybridized carbons (Fsp3) is 0.133. The summed E-state index contributed by atoms with van der Waals surface area (Å²) in [5.41, 5.74) is 6.68. The van der Waals surface area contributed by atoms with Gasteiger partial charge < -0.3 is 15.6 Å². The van der Waals surface area contributed by atoms with Crippen molar-refractivity contribution in [3.8, 4) is 0 Å². The van der Waals surface area contributed by atoms with Gasteiger partial charge in [-0.2, -0.15) is 0 Å². The van der Waals surface area contributed by atoms with E-state index in [0.29, 0.717) is 17.8 Å². The molecule has 0 atom stereocenters. The number of para-hydroxylation sites is 1. The summed E-state index contributed by atoms with van der Waals surface area (Å²) in [7, 11) is 0. The van der Waals surface area contributed by atoms with Crippen LogP contribution in [0.1, 0.15) is 12.0 Å². The second-order valence-corrected chi connectivity index (χ2v) is 4.88. The van der Waals surface area contributed by atoms with Gasteiger partial charge in [0.2, 0.25) is 5.91 Å². The van der Waals surface area contributed by atoms with E-state index in [9.17, 15) is 9.59 Å². The van der Waals surface area contributed by atoms with Gasteiger partial charge in [0.05, 0.1) is 5.69 Å². The van der Waals surface area contributed by atoms with Gasteiger partial charge in [-0.15, -0.1) is 0 Å². The molecule has 1 aromatic heterocycles. The first-order valence-corrected chi connectivity index (χ1v) is 6.83. The molecule has 0 aliphatic carbocycles. The van der Waals surface area contributed by atoms with Crippen molar-refractivity contribution in [3.63, 3.8) is 0 Å². The zero-order valence-corrected chi connectivity index (χ0v) is 12.1. The topological polar surface area (TPSA) is 77.1 Å². The van der Waals surface area contributed by atoms with Crippen molar-refractivity contribution in [2.24, 2.45) is 5.73 Å². The van der Waals surface area contributed by atoms with Crippen LogP contribution in [0.4, 0.5) is 5.69 Å². The summed E-state index contributed by atoms with van der Waals surface area (Å²) >= 11 is 4.94. The minimum atomic E-state index is -0.200. The van der Waals surface area contributed by atoms with Crippen molar-refractivity contribution >= 4 is 28.8 Å². The van der Waals surface area contributed by atoms with E-state index in [-0.39, 0.29) is 22.9 Å². The van der Waals surface area contributed by atoms with Crippen molar-refractivity contribution in [1.82, 2.24) is 4.57 Å². The molecule has 0 saturated heterocycles. The van der Waals surface area contributed by atoms with Crippen molar-refractivity contribution in [2.45, 2.75) is 13.0 Å². The number of amides is 1. The van der Waals surface area contributed by atoms with Gasteiger partial charge in [0.15, 0.2) is 0 Å². The van der Waals surface area contributed by atoms with Gasteiger partial charge in [0.25, 0.3) is 5.56 Å². The van der Waals surface area contributed by atoms with Crippen LogP contribution in [0.15, 0.2) is 53.5 Å². The van der Waals surface area contributed by atoms with E-state index in [1.165, 1.54) is 10.6 Å². The maximum absolute atomic E-state index is 12.0. The number of aryl methyl sites for hydroxylation is 1. The number of thiocarbonyl (C=S) groups is 1. The fourth-order valence-corrected chi connectivity index (χ4v) is 2.07. The van der Waals surface area contributed by atoms with E-state index in [2.05, 4.69) is 5.32 Å². The van der Waals surface area contributed by atoms with Crippen LogP contribution in [-0.4, -0.2) is 15.5 Å². The lowest BCUT2D eigenvalue weighted by Gasteiger charge is -2.10. The number of hydrogen-bond acceptors (Lipinski definition) is 3. The number of anilines is 1. The Morgan fingerprint density at radius 1 is 1.19 bits per heavy atom. The summed E-state index contributed by atoms with van der Waals surface area (Å²) in [6.07, 6.45) is 1.84. The maximum atomic E-state index is 12.0. The zero-order valence-electron chi connectivity index (χ0n) is 11.3. The molecule has 5 nitrogen and oxygen atoms in total. The second kappa shape index (κ2) is 6.81. The quantitative estimate of drug-likeness (QED) is 0.821. The highest BCUT2D eigenvalue weighted by Crippen LogP contribution is 2.15. The Morgan fingerprint density at radius 2 is 1.90 bits per heavy atom. The molecule has 108 valence electrons. The number of hydrogen-bond donors (Lipinski definition) is 2. The predicted octanol–water partition coefficient (Wildman–Crippen LogP) is 1.51. The van der Waals surface area contributed by atoms with Gasteiger partial charge >= 0.3 is 0 Å². The van der Waals surface area contributed by atoms with E-state index < -0.39 is 0 Å². The van der Waals surface area contributed by atoms with Crippen molar-refractivity contribution in [1.29, 1.82) is 0 Å². The predicted molar refractivity (Wildman–Crippen MR) is 86.3 cm³/mol. The number of benzene rings is 1. The summed E-state index contributed by atoms with van der Waals surface area (Å²) in [5, 5.41) is 2.76. The number of nitrogens with two attached hydrogens (primary N) is 1. The first-order valence-electron chi connectivity index (χ1n) is 6.42. The van der Waals surface area contributed by atoms with Crippen LogP contribution >= 0.6 is 12.2 Å². The van der Waals surface area contributed by atoms with Crippen LogP contribution in [0.25, 0.3) is 0 Å². The van der Waals surface area contributed by atoms with Crippen LogP contribution in [0.5, 0.6) is 0 Å². The van der Waals surface area contributed by atoms with E-state index in [1.54, 1.807) is 42.6 Å². The number of carbonyl (C=O) groups is 1. The Hall–Kier alpha value is -2.47. The van der Waals surface area contributed by atoms with Crippen molar-refractivity contribution in [3.05, 3.63) is 64.6 Å². The second-order valence-electron chi connectivity index (χ2n) is 4.44. The molecular weight excluding hydrogens is 286 g/mol. The number of nitrogens with zero attached hydrogens (tertiary/aromatic N) is 1. The average molecular weight is 301 g/mol. The van der Waals surface area contributed by atoms with Gasteiger partial charge in [-0.05, 0) is 18.2 Å². The summed E-state index contributed by atoms with van der Waals surface area (Å²) in [5.74, 6) is -0.200. The van der Waals surface area contributed by atoms with Gasteiger partial charge in [0, 0.05) is 30.8 Å². The molecule has 2 rings (SSSR count). The van der Waals surface area contributed by atoms with Gasteiger partial charge in [-0.1, -0.05) is 30.4 Å². The normalized spacial score (nSPS) is 10.1. The molecule has 3 N–H and O–H groups in total. The smallest absolute Gasteiger partial charge is 0.250 e. The molecule has 0 aliphatic rings. The molecule has 6 heteroatoms. The third kappa shape index (κ3) is 4.00. The summed E-state index contributed by atoms with van der Waals surface area (Å²) in [4.78, 5) is 23.7. The Morgan fingerprint density at radius 3 is 2.62 bits per heavy atom. The van der Waals surface area contributed by atoms with Gasteiger partial charge in [0.1, 0.15) is 4.99 Å². The summed E-state index contributed by atoms with van der Waals surface area (Å²) in [6, 6.07) is 12.0. The standard InChI is InChI=1S/C15H15N3O2S/c16-15(21)11-5-1-2-6-12(11)17-13(19)8-10-18-9-4-3-7-14(18)20/h1-7,9H,8,10H2,(H2,16,21)(H,17,19). The number of nitrogens with one attached hydrogen (secondary N) is 1. The molecule has 0 bridgehead atoms. The zero-order chi connectivity index (χ0) is 15.2. The van der Waals surface area contributed by atoms with Crippen LogP contribution in [0.2, 0.25) is 0 Å². The Kier molecular flexibility index (Phi) is 4.84. The Bertz CT molecular complexity index is 725. The minimum Gasteiger partial charge on any atom is -0.389 e. The molecule has 0 unspecified atom stereocenters. The molecule has 0 radical (unpaired) electrons. The maximum Gasteiger partial charge on any atom is 0.250 e. The highest BCUT2D eigenvalue weighted by Gasteiger charge is 2.08. The highest BCUT2D eigenvalue weighted by atomic mass is 32.1. The van der Waals surface area contributed by atoms with E-state index in [1.807, 2.05) is 0 Å². The molecule has 0 spiro atoms. The van der Waals surface area contributed by atoms with Crippen LogP contribution in [-0.2, 0) is 11.3 Å². The van der Waals surface area contributed by atoms with Gasteiger partial charge in [-0.25, -0.2) is 0 Å². The number of aromatic nitrogens is 1. The van der Waals surface area contributed by atoms with Crippen molar-refractivity contribution < 1.29 is 4.79 Å². The largest absolute Gasteiger partial charge is 0.389 e. The van der Waals surface area contributed by atoms with E-state index >= 15 is 0 Å². The molecule has 1 amide bonds. The van der Waals surface area contributed by atoms with E-state index in [4.69, 9.17) is 18.0 Å². The molecular formula is C15H15N3O2S. The highest BCUT2D eigenvalue weighted by molar-refractivity contribution is 7.80. The van der Waals surface area contributed by atoms with Gasteiger partial charge in [-0.3, -0.25) is 9.59 Å². The Labute approximate surface area is 127 Å². The monoisotopic (exact) mass is 301 g/mol. The fourth-order valence-electron chi connectivity index (χ4n) is 1.89. The lowest BCUT2D eigenvalue weighted by Crippen LogP contribution is -2.22. The average Bonchev–Trinajstić information content (AvgIpc) is 2.47. The number of carbonyl (C=O) groups excluding carboxylic acids is 1. The summed E-state index contributed by atoms with van der Waals surface area (Å²) in [6.45, 7) is 0.320. The van der Waals surface area contributed by atoms with Crippen LogP contribution < -0.4 is 16.6 Å². The summed E-state index contributed by atoms with van der Waals surface area (Å²) < 4.78 is 1.49. The first kappa shape index (κ1) is 14.9. The molecule has 1 heterocycles. The molecule has 1 aromatic carbocycles. The molecule has 21 heavy (non-hydrogen) atoms. The number of pyridine rings is 1. The number of rotatable bonds is 5. The lowest BCUT2D eigenvalue weighted by molar-refractivity contribution is -0.116. The SMILES string of the molecule is NC(=S)c1ccccc1NC(=O)CCn1ccccc1=O. The van der Waals surface area contributed by atoms with Crippen LogP contribution in [0, 0.1) is 0 Å². The first-order chi connectivity index (χ1) is 10.1. The van der Waals surface area contributed by atoms with Crippen molar-refractivity contribution in [2.75, 3.05) is 5.32 Å². The molecule has 2 aromatic rings. The molecule has 0 fully saturated rings. The van der Waals surface area contributed by atoms with Crippen LogP contribution in [0.3, 0.4) is 0 Å².